The molecule has 6 nitrogen and oxygen atoms in total. The second kappa shape index (κ2) is 7.22. The predicted octanol–water partition coefficient (Wildman–Crippen LogP) is 1.88. The maximum absolute atomic E-state index is 12.4. The number of ether oxygens (including phenoxy) is 1. The van der Waals surface area contributed by atoms with Crippen LogP contribution in [0.5, 0.6) is 0 Å². The lowest BCUT2D eigenvalue weighted by Crippen LogP contribution is -2.39. The van der Waals surface area contributed by atoms with Crippen LogP contribution in [0.1, 0.15) is 47.0 Å². The van der Waals surface area contributed by atoms with Crippen molar-refractivity contribution in [2.24, 2.45) is 0 Å². The summed E-state index contributed by atoms with van der Waals surface area (Å²) < 4.78 is 23.3. The standard InChI is InChI=1S/C13H25BBrO6P/c1-5-12(3,21-22(18,19)13(4,17)6-2)7-8-10(16)9(15)11(14)20-8/h8-11,16-17H,5-7H2,1-4H3,(H,18,19)/t8-,9-,10-,11-,12?,13+/m1/s1. The molecule has 22 heavy (non-hydrogen) atoms. The van der Waals surface area contributed by atoms with E-state index in [0.29, 0.717) is 6.42 Å². The van der Waals surface area contributed by atoms with E-state index in [1.54, 1.807) is 20.8 Å². The molecule has 1 fully saturated rings. The lowest BCUT2D eigenvalue weighted by Gasteiger charge is -2.37. The van der Waals surface area contributed by atoms with Gasteiger partial charge in [-0.2, -0.15) is 0 Å². The first-order valence-corrected chi connectivity index (χ1v) is 9.87. The third kappa shape index (κ3) is 4.35. The molecule has 0 spiro atoms. The molecule has 1 rings (SSSR count). The van der Waals surface area contributed by atoms with Gasteiger partial charge in [0.2, 0.25) is 0 Å². The molecule has 1 aliphatic heterocycles. The smallest absolute Gasteiger partial charge is 0.359 e. The molecule has 0 aliphatic carbocycles. The van der Waals surface area contributed by atoms with Gasteiger partial charge in [-0.1, -0.05) is 29.8 Å². The van der Waals surface area contributed by atoms with Gasteiger partial charge in [0.05, 0.1) is 22.6 Å². The molecule has 1 aliphatic rings. The molecule has 7 atom stereocenters. The summed E-state index contributed by atoms with van der Waals surface area (Å²) in [7, 11) is 1.46. The second-order valence-corrected chi connectivity index (χ2v) is 9.51. The van der Waals surface area contributed by atoms with Gasteiger partial charge >= 0.3 is 7.60 Å². The number of halogens is 1. The summed E-state index contributed by atoms with van der Waals surface area (Å²) in [6, 6.07) is -0.652. The van der Waals surface area contributed by atoms with Crippen LogP contribution in [0.4, 0.5) is 0 Å². The minimum Gasteiger partial charge on any atom is -0.389 e. The van der Waals surface area contributed by atoms with E-state index in [4.69, 9.17) is 17.1 Å². The minimum atomic E-state index is -4.27. The number of rotatable bonds is 7. The summed E-state index contributed by atoms with van der Waals surface area (Å²) in [6.07, 6.45) is -0.779. The maximum atomic E-state index is 12.4. The Morgan fingerprint density at radius 1 is 1.36 bits per heavy atom. The van der Waals surface area contributed by atoms with Crippen LogP contribution in [-0.4, -0.2) is 56.9 Å². The molecule has 0 aromatic carbocycles. The fourth-order valence-electron chi connectivity index (χ4n) is 2.19. The van der Waals surface area contributed by atoms with Crippen molar-refractivity contribution in [1.29, 1.82) is 0 Å². The van der Waals surface area contributed by atoms with E-state index in [1.807, 2.05) is 0 Å². The second-order valence-electron chi connectivity index (χ2n) is 6.26. The van der Waals surface area contributed by atoms with Crippen LogP contribution in [-0.2, 0) is 13.8 Å². The number of aliphatic hydroxyl groups is 2. The summed E-state index contributed by atoms with van der Waals surface area (Å²) in [4.78, 5) is 9.69. The van der Waals surface area contributed by atoms with Gasteiger partial charge in [-0.25, -0.2) is 0 Å². The van der Waals surface area contributed by atoms with Gasteiger partial charge in [0.15, 0.2) is 5.34 Å². The highest BCUT2D eigenvalue weighted by molar-refractivity contribution is 9.09. The quantitative estimate of drug-likeness (QED) is 0.344. The molecule has 9 heteroatoms. The first kappa shape index (κ1) is 20.6. The van der Waals surface area contributed by atoms with E-state index in [2.05, 4.69) is 15.9 Å². The molecule has 0 aromatic heterocycles. The van der Waals surface area contributed by atoms with E-state index in [0.717, 1.165) is 0 Å². The summed E-state index contributed by atoms with van der Waals surface area (Å²) in [6.45, 7) is 6.33. The lowest BCUT2D eigenvalue weighted by atomic mass is 9.91. The summed E-state index contributed by atoms with van der Waals surface area (Å²) >= 11 is 3.26. The topological polar surface area (TPSA) is 96.2 Å². The highest BCUT2D eigenvalue weighted by Crippen LogP contribution is 2.59. The summed E-state index contributed by atoms with van der Waals surface area (Å²) in [5.74, 6) is 0. The van der Waals surface area contributed by atoms with Crippen LogP contribution in [0.15, 0.2) is 0 Å². The zero-order valence-corrected chi connectivity index (χ0v) is 15.9. The van der Waals surface area contributed by atoms with Crippen LogP contribution in [0.2, 0.25) is 0 Å². The molecule has 0 saturated carbocycles. The largest absolute Gasteiger partial charge is 0.389 e. The monoisotopic (exact) mass is 398 g/mol. The Balaban J connectivity index is 2.87. The normalized spacial score (nSPS) is 37.3. The van der Waals surface area contributed by atoms with Crippen molar-refractivity contribution in [2.75, 3.05) is 0 Å². The number of alkyl halides is 1. The summed E-state index contributed by atoms with van der Waals surface area (Å²) in [5, 5.41) is 18.3. The molecule has 3 N–H and O–H groups in total. The van der Waals surface area contributed by atoms with Crippen molar-refractivity contribution in [3.63, 3.8) is 0 Å². The van der Waals surface area contributed by atoms with Crippen molar-refractivity contribution in [2.45, 2.75) is 80.9 Å². The first-order valence-electron chi connectivity index (χ1n) is 7.38. The summed E-state index contributed by atoms with van der Waals surface area (Å²) in [5.41, 5.74) is -1.04. The molecule has 0 amide bonds. The van der Waals surface area contributed by atoms with Gasteiger partial charge in [-0.05, 0) is 26.7 Å². The molecular weight excluding hydrogens is 374 g/mol. The minimum absolute atomic E-state index is 0.0808. The van der Waals surface area contributed by atoms with Crippen molar-refractivity contribution in [3.8, 4) is 0 Å². The third-order valence-electron chi connectivity index (χ3n) is 4.36. The number of hydrogen-bond acceptors (Lipinski definition) is 5. The highest BCUT2D eigenvalue weighted by atomic mass is 79.9. The van der Waals surface area contributed by atoms with Gasteiger partial charge < -0.3 is 24.4 Å². The van der Waals surface area contributed by atoms with Gasteiger partial charge in [0, 0.05) is 12.4 Å². The Morgan fingerprint density at radius 2 is 1.91 bits per heavy atom. The van der Waals surface area contributed by atoms with Crippen LogP contribution in [0.3, 0.4) is 0 Å². The van der Waals surface area contributed by atoms with Crippen LogP contribution in [0, 0.1) is 0 Å². The van der Waals surface area contributed by atoms with E-state index < -0.39 is 41.6 Å². The van der Waals surface area contributed by atoms with Gasteiger partial charge in [0.1, 0.15) is 7.85 Å². The molecule has 0 aromatic rings. The molecule has 1 heterocycles. The fourth-order valence-corrected chi connectivity index (χ4v) is 4.06. The first-order chi connectivity index (χ1) is 9.89. The Kier molecular flexibility index (Phi) is 6.76. The molecule has 128 valence electrons. The zero-order valence-electron chi connectivity index (χ0n) is 13.4. The lowest BCUT2D eigenvalue weighted by molar-refractivity contribution is -0.0425. The molecule has 1 saturated heterocycles. The predicted molar refractivity (Wildman–Crippen MR) is 88.3 cm³/mol. The SMILES string of the molecule is [B][C@@H]1O[C@H](CC(C)(CC)OP(=O)(O)[C@](C)(O)CC)[C@@H](O)[C@H]1Br. The van der Waals surface area contributed by atoms with E-state index in [1.165, 1.54) is 6.92 Å². The fraction of sp³-hybridized carbons (Fsp3) is 1.00. The van der Waals surface area contributed by atoms with Gasteiger partial charge in [0.25, 0.3) is 0 Å². The Morgan fingerprint density at radius 3 is 2.27 bits per heavy atom. The van der Waals surface area contributed by atoms with Crippen molar-refractivity contribution >= 4 is 31.4 Å². The molecule has 0 bridgehead atoms. The van der Waals surface area contributed by atoms with Crippen molar-refractivity contribution in [1.82, 2.24) is 0 Å². The zero-order chi connectivity index (χ0) is 17.3. The van der Waals surface area contributed by atoms with Crippen LogP contribution >= 0.6 is 23.5 Å². The number of hydrogen-bond donors (Lipinski definition) is 3. The molecule has 2 radical (unpaired) electrons. The molecule has 2 unspecified atom stereocenters. The molecular formula is C13H25BBrO6P. The van der Waals surface area contributed by atoms with E-state index in [-0.39, 0.29) is 12.8 Å². The van der Waals surface area contributed by atoms with Crippen molar-refractivity contribution < 1.29 is 28.9 Å². The Hall–Kier alpha value is 0.575. The van der Waals surface area contributed by atoms with E-state index in [9.17, 15) is 19.7 Å². The number of aliphatic hydroxyl groups excluding tert-OH is 1. The van der Waals surface area contributed by atoms with Crippen LogP contribution < -0.4 is 0 Å². The van der Waals surface area contributed by atoms with Crippen molar-refractivity contribution in [3.05, 3.63) is 0 Å². The Labute approximate surface area is 141 Å². The van der Waals surface area contributed by atoms with Crippen LogP contribution in [0.25, 0.3) is 0 Å². The van der Waals surface area contributed by atoms with Gasteiger partial charge in [-0.3, -0.25) is 4.57 Å². The van der Waals surface area contributed by atoms with E-state index >= 15 is 0 Å². The highest BCUT2D eigenvalue weighted by Gasteiger charge is 2.49. The average Bonchev–Trinajstić information content (AvgIpc) is 2.65. The van der Waals surface area contributed by atoms with Gasteiger partial charge in [-0.15, -0.1) is 0 Å². The maximum Gasteiger partial charge on any atom is 0.359 e. The Bertz CT molecular complexity index is 437. The third-order valence-corrected chi connectivity index (χ3v) is 7.64. The average molecular weight is 399 g/mol.